The van der Waals surface area contributed by atoms with Crippen LogP contribution in [-0.2, 0) is 31.6 Å². The molecule has 2 heterocycles. The van der Waals surface area contributed by atoms with E-state index in [1.807, 2.05) is 0 Å². The van der Waals surface area contributed by atoms with Gasteiger partial charge in [0.25, 0.3) is 0 Å². The van der Waals surface area contributed by atoms with E-state index in [4.69, 9.17) is 26.1 Å². The molecule has 0 radical (unpaired) electrons. The lowest BCUT2D eigenvalue weighted by molar-refractivity contribution is -0.113. The molecule has 0 saturated carbocycles. The second-order valence-corrected chi connectivity index (χ2v) is 11.8. The van der Waals surface area contributed by atoms with Gasteiger partial charge in [0.2, 0.25) is 0 Å². The third-order valence-electron chi connectivity index (χ3n) is 4.09. The molecule has 0 amide bonds. The van der Waals surface area contributed by atoms with Crippen LogP contribution < -0.4 is 5.69 Å². The van der Waals surface area contributed by atoms with Crippen LogP contribution in [0.2, 0.25) is 0 Å². The van der Waals surface area contributed by atoms with Gasteiger partial charge in [-0.3, -0.25) is 9.09 Å². The molecule has 200 valence electrons. The van der Waals surface area contributed by atoms with Gasteiger partial charge in [0.15, 0.2) is 18.2 Å². The maximum atomic E-state index is 14.9. The Labute approximate surface area is 201 Å². The quantitative estimate of drug-likeness (QED) is 0.0990. The molecule has 1 aliphatic heterocycles. The van der Waals surface area contributed by atoms with E-state index < -0.39 is 65.7 Å². The molecule has 0 spiro atoms. The summed E-state index contributed by atoms with van der Waals surface area (Å²) < 4.78 is 66.5. The van der Waals surface area contributed by atoms with E-state index in [1.165, 1.54) is 12.4 Å². The third-order valence-corrected chi connectivity index (χ3v) is 8.33. The molecule has 22 heteroatoms. The van der Waals surface area contributed by atoms with Crippen molar-refractivity contribution in [2.75, 3.05) is 26.6 Å². The summed E-state index contributed by atoms with van der Waals surface area (Å²) in [5, 5.41) is 10.3. The molecule has 0 bridgehead atoms. The van der Waals surface area contributed by atoms with Gasteiger partial charge < -0.3 is 34.3 Å². The molecule has 1 aromatic rings. The number of alkyl halides is 2. The summed E-state index contributed by atoms with van der Waals surface area (Å²) >= 11 is 5.76. The summed E-state index contributed by atoms with van der Waals surface area (Å²) in [4.78, 5) is 57.3. The summed E-state index contributed by atoms with van der Waals surface area (Å²) in [6.07, 6.45) is -3.92. The summed E-state index contributed by atoms with van der Waals surface area (Å²) in [5.41, 5.74) is -3.32. The van der Waals surface area contributed by atoms with Gasteiger partial charge in [-0.2, -0.15) is 13.6 Å². The van der Waals surface area contributed by atoms with Crippen molar-refractivity contribution in [2.45, 2.75) is 24.1 Å². The number of rotatable bonds is 11. The molecule has 2 rings (SSSR count). The van der Waals surface area contributed by atoms with Gasteiger partial charge in [0, 0.05) is 20.3 Å². The Bertz CT molecular complexity index is 1150. The zero-order chi connectivity index (χ0) is 26.8. The molecule has 1 aliphatic rings. The highest BCUT2D eigenvalue weighted by Crippen LogP contribution is 2.66. The van der Waals surface area contributed by atoms with E-state index in [9.17, 15) is 37.8 Å². The Morgan fingerprint density at radius 3 is 2.43 bits per heavy atom. The fraction of sp³-hybridized carbons (Fsp3) is 0.615. The van der Waals surface area contributed by atoms with Gasteiger partial charge in [-0.15, -0.1) is 11.6 Å². The molecule has 35 heavy (non-hydrogen) atoms. The predicted octanol–water partition coefficient (Wildman–Crippen LogP) is 0.0134. The Balaban J connectivity index is 2.22. The average Bonchev–Trinajstić information content (AvgIpc) is 2.94. The molecular formula is C13H21ClFN4O13P3. The van der Waals surface area contributed by atoms with E-state index in [1.54, 1.807) is 19.0 Å². The second-order valence-electron chi connectivity index (χ2n) is 7.14. The van der Waals surface area contributed by atoms with Crippen molar-refractivity contribution in [3.8, 4) is 0 Å². The molecule has 6 atom stereocenters. The van der Waals surface area contributed by atoms with Crippen LogP contribution in [0, 0.1) is 0 Å². The van der Waals surface area contributed by atoms with Crippen LogP contribution in [0.4, 0.5) is 10.2 Å². The lowest BCUT2D eigenvalue weighted by atomic mass is 9.99. The SMILES string of the molecule is CN(C)/C=N/c1ccn(C2OC(CCl)(COP(=O)(O)OP(=O)(O)OP(=O)(O)O)C(O)C2F)c(=O)n1. The average molecular weight is 589 g/mol. The molecule has 0 aromatic carbocycles. The van der Waals surface area contributed by atoms with Crippen LogP contribution in [0.3, 0.4) is 0 Å². The van der Waals surface area contributed by atoms with Crippen molar-refractivity contribution >= 4 is 47.2 Å². The van der Waals surface area contributed by atoms with E-state index >= 15 is 0 Å². The number of hydrogen-bond donors (Lipinski definition) is 5. The van der Waals surface area contributed by atoms with Crippen LogP contribution in [-0.4, -0.2) is 89.9 Å². The molecule has 17 nitrogen and oxygen atoms in total. The van der Waals surface area contributed by atoms with Gasteiger partial charge in [-0.1, -0.05) is 0 Å². The minimum atomic E-state index is -5.82. The number of phosphoric acid groups is 3. The third kappa shape index (κ3) is 8.20. The number of phosphoric ester groups is 1. The van der Waals surface area contributed by atoms with E-state index in [-0.39, 0.29) is 5.82 Å². The number of aliphatic hydroxyl groups is 1. The topological polar surface area (TPSA) is 240 Å². The number of halogens is 2. The van der Waals surface area contributed by atoms with Gasteiger partial charge in [0.1, 0.15) is 11.7 Å². The van der Waals surface area contributed by atoms with Gasteiger partial charge in [-0.05, 0) is 6.07 Å². The zero-order valence-electron chi connectivity index (χ0n) is 17.8. The lowest BCUT2D eigenvalue weighted by Gasteiger charge is -2.29. The first kappa shape index (κ1) is 30.1. The monoisotopic (exact) mass is 588 g/mol. The van der Waals surface area contributed by atoms with Crippen molar-refractivity contribution in [1.82, 2.24) is 14.5 Å². The standard InChI is InChI=1S/C13H21ClFN4O13P3/c1-18(2)7-16-8-3-4-19(12(21)17-8)11-9(15)10(20)13(5-14,30-11)6-29-34(25,26)32-35(27,28)31-33(22,23)24/h3-4,7,9-11,20H,5-6H2,1-2H3,(H,25,26)(H,27,28)(H2,22,23,24)/b16-7+. The Kier molecular flexibility index (Phi) is 9.56. The van der Waals surface area contributed by atoms with Crippen LogP contribution in [0.25, 0.3) is 0 Å². The normalized spacial score (nSPS) is 28.7. The van der Waals surface area contributed by atoms with Crippen molar-refractivity contribution in [3.05, 3.63) is 22.7 Å². The highest BCUT2D eigenvalue weighted by atomic mass is 35.5. The zero-order valence-corrected chi connectivity index (χ0v) is 21.2. The molecule has 1 fully saturated rings. The maximum absolute atomic E-state index is 14.9. The fourth-order valence-corrected chi connectivity index (χ4v) is 6.01. The highest BCUT2D eigenvalue weighted by Gasteiger charge is 2.57. The first-order valence-electron chi connectivity index (χ1n) is 9.04. The Hall–Kier alpha value is -1.10. The predicted molar refractivity (Wildman–Crippen MR) is 115 cm³/mol. The molecule has 0 aliphatic carbocycles. The molecule has 5 N–H and O–H groups in total. The lowest BCUT2D eigenvalue weighted by Crippen LogP contribution is -2.47. The Morgan fingerprint density at radius 2 is 1.91 bits per heavy atom. The molecule has 1 saturated heterocycles. The van der Waals surface area contributed by atoms with E-state index in [0.717, 1.165) is 6.20 Å². The summed E-state index contributed by atoms with van der Waals surface area (Å²) in [7, 11) is -13.7. The Morgan fingerprint density at radius 1 is 1.29 bits per heavy atom. The summed E-state index contributed by atoms with van der Waals surface area (Å²) in [6.45, 7) is -1.24. The minimum Gasteiger partial charge on any atom is -0.387 e. The van der Waals surface area contributed by atoms with Crippen molar-refractivity contribution < 1.29 is 60.6 Å². The maximum Gasteiger partial charge on any atom is 0.490 e. The molecule has 1 aromatic heterocycles. The van der Waals surface area contributed by atoms with Crippen LogP contribution in [0.1, 0.15) is 6.23 Å². The number of ether oxygens (including phenoxy) is 1. The first-order valence-corrected chi connectivity index (χ1v) is 14.1. The van der Waals surface area contributed by atoms with Crippen molar-refractivity contribution in [2.24, 2.45) is 4.99 Å². The number of hydrogen-bond acceptors (Lipinski definition) is 11. The van der Waals surface area contributed by atoms with Crippen molar-refractivity contribution in [1.29, 1.82) is 0 Å². The van der Waals surface area contributed by atoms with Gasteiger partial charge >= 0.3 is 29.2 Å². The van der Waals surface area contributed by atoms with Crippen LogP contribution in [0.5, 0.6) is 0 Å². The first-order chi connectivity index (χ1) is 15.9. The number of aliphatic imine (C=N–C) groups is 1. The van der Waals surface area contributed by atoms with E-state index in [2.05, 4.69) is 23.1 Å². The van der Waals surface area contributed by atoms with Gasteiger partial charge in [-0.25, -0.2) is 27.9 Å². The second kappa shape index (κ2) is 11.1. The number of aliphatic hydroxyl groups excluding tert-OH is 1. The smallest absolute Gasteiger partial charge is 0.387 e. The van der Waals surface area contributed by atoms with Gasteiger partial charge in [0.05, 0.1) is 18.8 Å². The summed E-state index contributed by atoms with van der Waals surface area (Å²) in [5.74, 6) is -0.806. The van der Waals surface area contributed by atoms with E-state index in [0.29, 0.717) is 4.57 Å². The number of nitrogens with zero attached hydrogens (tertiary/aromatic N) is 4. The molecular weight excluding hydrogens is 568 g/mol. The summed E-state index contributed by atoms with van der Waals surface area (Å²) in [6, 6.07) is 1.23. The minimum absolute atomic E-state index is 0.0230. The van der Waals surface area contributed by atoms with Crippen LogP contribution in [0.15, 0.2) is 22.1 Å². The highest BCUT2D eigenvalue weighted by molar-refractivity contribution is 7.66. The fourth-order valence-electron chi connectivity index (χ4n) is 2.64. The largest absolute Gasteiger partial charge is 0.490 e. The van der Waals surface area contributed by atoms with Crippen molar-refractivity contribution in [3.63, 3.8) is 0 Å². The molecule has 6 unspecified atom stereocenters. The number of aromatic nitrogens is 2. The van der Waals surface area contributed by atoms with Crippen LogP contribution >= 0.6 is 35.1 Å².